The summed E-state index contributed by atoms with van der Waals surface area (Å²) in [5.74, 6) is -1.55. The molecule has 8 heteroatoms. The van der Waals surface area contributed by atoms with Gasteiger partial charge in [0.1, 0.15) is 16.5 Å². The van der Waals surface area contributed by atoms with Crippen LogP contribution in [-0.4, -0.2) is 15.5 Å². The Labute approximate surface area is 125 Å². The first-order valence-electron chi connectivity index (χ1n) is 6.04. The van der Waals surface area contributed by atoms with Crippen LogP contribution in [0.1, 0.15) is 10.4 Å². The van der Waals surface area contributed by atoms with Crippen LogP contribution in [-0.2, 0) is 16.6 Å². The SMILES string of the molecule is CNCc1scc(C)c1S(=O)(=O)Nc1cc(F)ccc1F. The van der Waals surface area contributed by atoms with Gasteiger partial charge in [-0.2, -0.15) is 0 Å². The number of benzene rings is 1. The third-order valence-electron chi connectivity index (χ3n) is 2.77. The fourth-order valence-corrected chi connectivity index (χ4v) is 4.79. The van der Waals surface area contributed by atoms with Crippen molar-refractivity contribution < 1.29 is 17.2 Å². The van der Waals surface area contributed by atoms with Gasteiger partial charge in [0.2, 0.25) is 0 Å². The number of hydrogen-bond acceptors (Lipinski definition) is 4. The van der Waals surface area contributed by atoms with Gasteiger partial charge in [-0.25, -0.2) is 17.2 Å². The van der Waals surface area contributed by atoms with Gasteiger partial charge in [0.15, 0.2) is 0 Å². The summed E-state index contributed by atoms with van der Waals surface area (Å²) in [4.78, 5) is 0.713. The van der Waals surface area contributed by atoms with E-state index in [-0.39, 0.29) is 4.90 Å². The quantitative estimate of drug-likeness (QED) is 0.885. The molecule has 0 saturated carbocycles. The van der Waals surface area contributed by atoms with Crippen LogP contribution in [0.15, 0.2) is 28.5 Å². The normalized spacial score (nSPS) is 11.6. The summed E-state index contributed by atoms with van der Waals surface area (Å²) in [7, 11) is -2.28. The average molecular weight is 332 g/mol. The summed E-state index contributed by atoms with van der Waals surface area (Å²) in [6.45, 7) is 2.03. The van der Waals surface area contributed by atoms with Crippen LogP contribution in [0.5, 0.6) is 0 Å². The van der Waals surface area contributed by atoms with Crippen molar-refractivity contribution in [3.63, 3.8) is 0 Å². The molecule has 0 aliphatic carbocycles. The molecule has 0 saturated heterocycles. The molecule has 0 aliphatic rings. The second-order valence-electron chi connectivity index (χ2n) is 4.43. The van der Waals surface area contributed by atoms with Crippen LogP contribution >= 0.6 is 11.3 Å². The van der Waals surface area contributed by atoms with E-state index >= 15 is 0 Å². The van der Waals surface area contributed by atoms with Crippen LogP contribution in [0.2, 0.25) is 0 Å². The van der Waals surface area contributed by atoms with Gasteiger partial charge in [0.05, 0.1) is 5.69 Å². The molecule has 1 aromatic carbocycles. The lowest BCUT2D eigenvalue weighted by atomic mass is 10.3. The van der Waals surface area contributed by atoms with E-state index in [0.717, 1.165) is 18.2 Å². The van der Waals surface area contributed by atoms with E-state index in [1.54, 1.807) is 19.4 Å². The zero-order valence-electron chi connectivity index (χ0n) is 11.4. The van der Waals surface area contributed by atoms with Crippen molar-refractivity contribution in [2.75, 3.05) is 11.8 Å². The van der Waals surface area contributed by atoms with Gasteiger partial charge >= 0.3 is 0 Å². The molecule has 21 heavy (non-hydrogen) atoms. The number of aryl methyl sites for hydroxylation is 1. The minimum Gasteiger partial charge on any atom is -0.315 e. The number of hydrogen-bond donors (Lipinski definition) is 2. The molecule has 4 nitrogen and oxygen atoms in total. The first-order valence-corrected chi connectivity index (χ1v) is 8.41. The van der Waals surface area contributed by atoms with E-state index in [9.17, 15) is 17.2 Å². The predicted octanol–water partition coefficient (Wildman–Crippen LogP) is 2.85. The van der Waals surface area contributed by atoms with Gasteiger partial charge in [-0.1, -0.05) is 0 Å². The Kier molecular flexibility index (Phi) is 4.60. The highest BCUT2D eigenvalue weighted by Gasteiger charge is 2.24. The molecule has 2 N–H and O–H groups in total. The van der Waals surface area contributed by atoms with Gasteiger partial charge in [0, 0.05) is 17.5 Å². The molecule has 0 radical (unpaired) electrons. The van der Waals surface area contributed by atoms with E-state index in [0.29, 0.717) is 17.0 Å². The maximum absolute atomic E-state index is 13.6. The summed E-state index contributed by atoms with van der Waals surface area (Å²) < 4.78 is 53.7. The van der Waals surface area contributed by atoms with E-state index < -0.39 is 27.3 Å². The first kappa shape index (κ1) is 15.9. The predicted molar refractivity (Wildman–Crippen MR) is 79.0 cm³/mol. The summed E-state index contributed by atoms with van der Waals surface area (Å²) in [6, 6.07) is 2.61. The number of halogens is 2. The van der Waals surface area contributed by atoms with Crippen molar-refractivity contribution in [3.05, 3.63) is 45.7 Å². The number of anilines is 1. The molecule has 0 aliphatic heterocycles. The fourth-order valence-electron chi connectivity index (χ4n) is 1.90. The molecular weight excluding hydrogens is 318 g/mol. The highest BCUT2D eigenvalue weighted by Crippen LogP contribution is 2.29. The van der Waals surface area contributed by atoms with Gasteiger partial charge in [-0.3, -0.25) is 4.72 Å². The third-order valence-corrected chi connectivity index (χ3v) is 5.60. The maximum Gasteiger partial charge on any atom is 0.263 e. The van der Waals surface area contributed by atoms with Gasteiger partial charge in [-0.05, 0) is 37.0 Å². The summed E-state index contributed by atoms with van der Waals surface area (Å²) in [5.41, 5.74) is 0.158. The smallest absolute Gasteiger partial charge is 0.263 e. The van der Waals surface area contributed by atoms with E-state index in [4.69, 9.17) is 0 Å². The largest absolute Gasteiger partial charge is 0.315 e. The number of nitrogens with one attached hydrogen (secondary N) is 2. The average Bonchev–Trinajstić information content (AvgIpc) is 2.76. The van der Waals surface area contributed by atoms with Crippen LogP contribution < -0.4 is 10.0 Å². The molecule has 114 valence electrons. The molecule has 1 heterocycles. The Morgan fingerprint density at radius 2 is 2.00 bits per heavy atom. The molecule has 1 aromatic heterocycles. The van der Waals surface area contributed by atoms with E-state index in [2.05, 4.69) is 10.0 Å². The second kappa shape index (κ2) is 6.08. The zero-order valence-corrected chi connectivity index (χ0v) is 13.0. The summed E-state index contributed by atoms with van der Waals surface area (Å²) >= 11 is 1.30. The maximum atomic E-state index is 13.6. The molecule has 0 unspecified atom stereocenters. The van der Waals surface area contributed by atoms with Crippen LogP contribution in [0, 0.1) is 18.6 Å². The topological polar surface area (TPSA) is 58.2 Å². The van der Waals surface area contributed by atoms with Crippen molar-refractivity contribution >= 4 is 27.0 Å². The van der Waals surface area contributed by atoms with Crippen molar-refractivity contribution in [2.45, 2.75) is 18.4 Å². The fraction of sp³-hybridized carbons (Fsp3) is 0.231. The highest BCUT2D eigenvalue weighted by molar-refractivity contribution is 7.93. The number of rotatable bonds is 5. The van der Waals surface area contributed by atoms with E-state index in [1.807, 2.05) is 0 Å². The molecule has 0 spiro atoms. The van der Waals surface area contributed by atoms with Gasteiger partial charge in [0.25, 0.3) is 10.0 Å². The molecule has 2 rings (SSSR count). The summed E-state index contributed by atoms with van der Waals surface area (Å²) in [5, 5.41) is 4.59. The molecule has 2 aromatic rings. The zero-order chi connectivity index (χ0) is 15.6. The minimum absolute atomic E-state index is 0.102. The van der Waals surface area contributed by atoms with Crippen molar-refractivity contribution in [3.8, 4) is 0 Å². The molecule has 0 atom stereocenters. The molecule has 0 bridgehead atoms. The van der Waals surface area contributed by atoms with Crippen LogP contribution in [0.3, 0.4) is 0 Å². The minimum atomic E-state index is -3.98. The van der Waals surface area contributed by atoms with Crippen molar-refractivity contribution in [1.82, 2.24) is 5.32 Å². The molecule has 0 fully saturated rings. The lowest BCUT2D eigenvalue weighted by Gasteiger charge is -2.11. The Balaban J connectivity index is 2.43. The van der Waals surface area contributed by atoms with Crippen LogP contribution in [0.4, 0.5) is 14.5 Å². The lowest BCUT2D eigenvalue weighted by Crippen LogP contribution is -2.17. The Hall–Kier alpha value is -1.51. The molecule has 0 amide bonds. The number of sulfonamides is 1. The standard InChI is InChI=1S/C13H14F2N2O2S2/c1-8-7-20-12(6-16-2)13(8)21(18,19)17-11-5-9(14)3-4-10(11)15/h3-5,7,16-17H,6H2,1-2H3. The second-order valence-corrected chi connectivity index (χ2v) is 7.01. The monoisotopic (exact) mass is 332 g/mol. The summed E-state index contributed by atoms with van der Waals surface area (Å²) in [6.07, 6.45) is 0. The number of thiophene rings is 1. The Morgan fingerprint density at radius 1 is 1.29 bits per heavy atom. The third kappa shape index (κ3) is 3.39. The lowest BCUT2D eigenvalue weighted by molar-refractivity contribution is 0.593. The van der Waals surface area contributed by atoms with Crippen molar-refractivity contribution in [1.29, 1.82) is 0 Å². The Morgan fingerprint density at radius 3 is 2.67 bits per heavy atom. The highest BCUT2D eigenvalue weighted by atomic mass is 32.2. The first-order chi connectivity index (χ1) is 9.85. The van der Waals surface area contributed by atoms with Crippen LogP contribution in [0.25, 0.3) is 0 Å². The van der Waals surface area contributed by atoms with Gasteiger partial charge in [-0.15, -0.1) is 11.3 Å². The molecular formula is C13H14F2N2O2S2. The van der Waals surface area contributed by atoms with Gasteiger partial charge < -0.3 is 5.32 Å². The van der Waals surface area contributed by atoms with Crippen molar-refractivity contribution in [2.24, 2.45) is 0 Å². The van der Waals surface area contributed by atoms with E-state index in [1.165, 1.54) is 11.3 Å². The Bertz CT molecular complexity index is 758.